The number of pyridine rings is 2. The first-order valence-corrected chi connectivity index (χ1v) is 13.3. The van der Waals surface area contributed by atoms with E-state index < -0.39 is 21.6 Å². The summed E-state index contributed by atoms with van der Waals surface area (Å²) in [4.78, 5) is 22.4. The van der Waals surface area contributed by atoms with Gasteiger partial charge in [0, 0.05) is 25.1 Å². The zero-order valence-corrected chi connectivity index (χ0v) is 21.5. The summed E-state index contributed by atoms with van der Waals surface area (Å²) in [6.07, 6.45) is 2.64. The average molecular weight is 515 g/mol. The van der Waals surface area contributed by atoms with E-state index in [2.05, 4.69) is 9.97 Å². The van der Waals surface area contributed by atoms with E-state index in [-0.39, 0.29) is 23.1 Å². The summed E-state index contributed by atoms with van der Waals surface area (Å²) in [5.74, 6) is -0.187. The Hall–Kier alpha value is -3.73. The van der Waals surface area contributed by atoms with E-state index >= 15 is 0 Å². The first kappa shape index (κ1) is 25.4. The van der Waals surface area contributed by atoms with Crippen LogP contribution >= 0.6 is 0 Å². The van der Waals surface area contributed by atoms with Crippen molar-refractivity contribution in [3.8, 4) is 22.8 Å². The summed E-state index contributed by atoms with van der Waals surface area (Å²) in [6.45, 7) is 3.97. The molecule has 1 atom stereocenters. The van der Waals surface area contributed by atoms with Gasteiger partial charge in [-0.3, -0.25) is 9.13 Å². The molecular weight excluding hydrogens is 487 g/mol. The maximum absolute atomic E-state index is 13.9. The van der Waals surface area contributed by atoms with Crippen molar-refractivity contribution in [2.45, 2.75) is 19.9 Å². The van der Waals surface area contributed by atoms with Gasteiger partial charge in [-0.15, -0.1) is 0 Å². The maximum atomic E-state index is 13.9. The number of nitrogens with zero attached hydrogens (tertiary/aromatic N) is 4. The number of methoxy groups -OCH3 is 1. The minimum Gasteiger partial charge on any atom is -0.491 e. The highest BCUT2D eigenvalue weighted by atomic mass is 32.2. The lowest BCUT2D eigenvalue weighted by molar-refractivity contribution is 0.296. The fourth-order valence-corrected chi connectivity index (χ4v) is 5.06. The van der Waals surface area contributed by atoms with Crippen molar-refractivity contribution >= 4 is 21.0 Å². The molecule has 1 aromatic carbocycles. The Morgan fingerprint density at radius 1 is 1.17 bits per heavy atom. The first-order valence-electron chi connectivity index (χ1n) is 11.2. The fourth-order valence-electron chi connectivity index (χ4n) is 4.17. The van der Waals surface area contributed by atoms with Gasteiger partial charge in [-0.05, 0) is 55.3 Å². The number of halogens is 1. The number of ether oxygens (including phenoxy) is 2. The second-order valence-corrected chi connectivity index (χ2v) is 10.7. The van der Waals surface area contributed by atoms with Crippen LogP contribution in [0.3, 0.4) is 0 Å². The van der Waals surface area contributed by atoms with Crippen LogP contribution in [0.4, 0.5) is 4.39 Å². The van der Waals surface area contributed by atoms with E-state index in [1.54, 1.807) is 44.4 Å². The quantitative estimate of drug-likeness (QED) is 0.355. The Balaban J connectivity index is 1.94. The predicted octanol–water partition coefficient (Wildman–Crippen LogP) is 3.29. The van der Waals surface area contributed by atoms with Crippen LogP contribution in [-0.4, -0.2) is 53.2 Å². The molecule has 3 heterocycles. The van der Waals surface area contributed by atoms with Crippen LogP contribution in [0, 0.1) is 12.7 Å². The number of sulfone groups is 1. The summed E-state index contributed by atoms with van der Waals surface area (Å²) >= 11 is 0. The molecule has 36 heavy (non-hydrogen) atoms. The molecule has 0 radical (unpaired) electrons. The number of aryl methyl sites for hydroxylation is 2. The number of fused-ring (bicyclic) bond motifs is 1. The van der Waals surface area contributed by atoms with Gasteiger partial charge in [0.2, 0.25) is 0 Å². The zero-order valence-electron chi connectivity index (χ0n) is 20.6. The van der Waals surface area contributed by atoms with Gasteiger partial charge in [-0.1, -0.05) is 6.07 Å². The molecule has 190 valence electrons. The van der Waals surface area contributed by atoms with Crippen molar-refractivity contribution in [2.24, 2.45) is 7.05 Å². The molecule has 11 heteroatoms. The van der Waals surface area contributed by atoms with E-state index in [1.165, 1.54) is 28.4 Å². The monoisotopic (exact) mass is 514 g/mol. The molecule has 9 nitrogen and oxygen atoms in total. The number of aromatic nitrogens is 4. The van der Waals surface area contributed by atoms with E-state index in [9.17, 15) is 17.6 Å². The highest BCUT2D eigenvalue weighted by Gasteiger charge is 2.28. The lowest BCUT2D eigenvalue weighted by Crippen LogP contribution is -2.31. The molecule has 0 fully saturated rings. The van der Waals surface area contributed by atoms with Crippen molar-refractivity contribution < 1.29 is 22.3 Å². The molecule has 0 bridgehead atoms. The summed E-state index contributed by atoms with van der Waals surface area (Å²) in [6, 6.07) is 8.46. The molecular formula is C25H27FN4O5S. The van der Waals surface area contributed by atoms with Gasteiger partial charge >= 0.3 is 5.69 Å². The van der Waals surface area contributed by atoms with Crippen LogP contribution < -0.4 is 15.2 Å². The number of benzene rings is 1. The van der Waals surface area contributed by atoms with Crippen molar-refractivity contribution in [3.63, 3.8) is 0 Å². The molecule has 0 aliphatic heterocycles. The molecule has 0 saturated carbocycles. The van der Waals surface area contributed by atoms with Crippen LogP contribution in [0.5, 0.6) is 11.6 Å². The highest BCUT2D eigenvalue weighted by Crippen LogP contribution is 2.31. The third-order valence-corrected chi connectivity index (χ3v) is 6.82. The topological polar surface area (TPSA) is 105 Å². The third-order valence-electron chi connectivity index (χ3n) is 5.90. The Labute approximate surface area is 208 Å². The van der Waals surface area contributed by atoms with Crippen LogP contribution in [-0.2, 0) is 16.9 Å². The summed E-state index contributed by atoms with van der Waals surface area (Å²) in [5.41, 5.74) is 2.73. The van der Waals surface area contributed by atoms with Gasteiger partial charge in [-0.25, -0.2) is 27.6 Å². The van der Waals surface area contributed by atoms with E-state index in [0.29, 0.717) is 34.7 Å². The van der Waals surface area contributed by atoms with Gasteiger partial charge in [-0.2, -0.15) is 0 Å². The molecule has 0 N–H and O–H groups in total. The Morgan fingerprint density at radius 2 is 1.92 bits per heavy atom. The second kappa shape index (κ2) is 9.73. The largest absolute Gasteiger partial charge is 0.491 e. The predicted molar refractivity (Wildman–Crippen MR) is 135 cm³/mol. The summed E-state index contributed by atoms with van der Waals surface area (Å²) in [7, 11) is -0.493. The SMILES string of the molecule is CCOc1nc(C(CS(C)(=O)=O)n2c(=O)n(C)c3cc(-c4cc(F)ccc4C)cnc32)ccc1OC. The van der Waals surface area contributed by atoms with Crippen molar-refractivity contribution in [1.82, 2.24) is 19.1 Å². The minimum absolute atomic E-state index is 0.195. The van der Waals surface area contributed by atoms with E-state index in [1.807, 2.05) is 6.92 Å². The maximum Gasteiger partial charge on any atom is 0.330 e. The number of imidazole rings is 1. The molecule has 0 saturated heterocycles. The summed E-state index contributed by atoms with van der Waals surface area (Å²) < 4.78 is 52.3. The first-order chi connectivity index (χ1) is 17.0. The van der Waals surface area contributed by atoms with Crippen LogP contribution in [0.25, 0.3) is 22.3 Å². The molecule has 1 unspecified atom stereocenters. The molecule has 0 aliphatic carbocycles. The van der Waals surface area contributed by atoms with Crippen LogP contribution in [0.1, 0.15) is 24.2 Å². The molecule has 0 amide bonds. The number of hydrogen-bond donors (Lipinski definition) is 0. The lowest BCUT2D eigenvalue weighted by Gasteiger charge is -2.19. The highest BCUT2D eigenvalue weighted by molar-refractivity contribution is 7.90. The Kier molecular flexibility index (Phi) is 6.85. The Morgan fingerprint density at radius 3 is 2.58 bits per heavy atom. The van der Waals surface area contributed by atoms with Gasteiger partial charge in [0.05, 0.1) is 36.7 Å². The summed E-state index contributed by atoms with van der Waals surface area (Å²) in [5, 5.41) is 0. The van der Waals surface area contributed by atoms with Crippen molar-refractivity contribution in [2.75, 3.05) is 25.7 Å². The third kappa shape index (κ3) is 4.83. The molecule has 4 rings (SSSR count). The van der Waals surface area contributed by atoms with Crippen molar-refractivity contribution in [3.05, 3.63) is 70.2 Å². The standard InChI is InChI=1S/C25H27FN4O5S/c1-6-35-24-22(34-4)10-9-19(28-24)21(14-36(5,32)33)30-23-20(29(3)25(30)31)11-16(13-27-23)18-12-17(26)8-7-15(18)2/h7-13,21H,6,14H2,1-5H3. The minimum atomic E-state index is -3.55. The van der Waals surface area contributed by atoms with Gasteiger partial charge in [0.1, 0.15) is 15.7 Å². The normalized spacial score (nSPS) is 12.6. The molecule has 0 spiro atoms. The fraction of sp³-hybridized carbons (Fsp3) is 0.320. The molecule has 4 aromatic rings. The zero-order chi connectivity index (χ0) is 26.2. The van der Waals surface area contributed by atoms with Gasteiger partial charge in [0.15, 0.2) is 11.4 Å². The second-order valence-electron chi connectivity index (χ2n) is 8.52. The number of hydrogen-bond acceptors (Lipinski definition) is 7. The van der Waals surface area contributed by atoms with E-state index in [0.717, 1.165) is 11.8 Å². The van der Waals surface area contributed by atoms with Crippen molar-refractivity contribution in [1.29, 1.82) is 0 Å². The van der Waals surface area contributed by atoms with Gasteiger partial charge < -0.3 is 9.47 Å². The Bertz CT molecular complexity index is 1610. The number of rotatable bonds is 8. The molecule has 0 aliphatic rings. The van der Waals surface area contributed by atoms with Crippen LogP contribution in [0.2, 0.25) is 0 Å². The smallest absolute Gasteiger partial charge is 0.330 e. The van der Waals surface area contributed by atoms with Gasteiger partial charge in [0.25, 0.3) is 5.88 Å². The van der Waals surface area contributed by atoms with Crippen LogP contribution in [0.15, 0.2) is 47.4 Å². The van der Waals surface area contributed by atoms with E-state index in [4.69, 9.17) is 9.47 Å². The average Bonchev–Trinajstić information content (AvgIpc) is 3.08. The molecule has 3 aromatic heterocycles. The lowest BCUT2D eigenvalue weighted by atomic mass is 10.0.